The summed E-state index contributed by atoms with van der Waals surface area (Å²) in [5.74, 6) is 2.26. The van der Waals surface area contributed by atoms with Crippen molar-refractivity contribution in [2.24, 2.45) is 4.99 Å². The highest BCUT2D eigenvalue weighted by Crippen LogP contribution is 2.41. The summed E-state index contributed by atoms with van der Waals surface area (Å²) in [4.78, 5) is 21.6. The normalized spacial score (nSPS) is 14.3. The number of aryl methyl sites for hydroxylation is 1. The van der Waals surface area contributed by atoms with E-state index in [1.54, 1.807) is 43.4 Å². The van der Waals surface area contributed by atoms with Gasteiger partial charge in [-0.3, -0.25) is 14.5 Å². The molecule has 3 heterocycles. The monoisotopic (exact) mass is 465 g/mol. The first-order valence-electron chi connectivity index (χ1n) is 11.0. The van der Waals surface area contributed by atoms with Gasteiger partial charge < -0.3 is 24.3 Å². The van der Waals surface area contributed by atoms with Gasteiger partial charge in [-0.1, -0.05) is 0 Å². The second-order valence-electron chi connectivity index (χ2n) is 7.36. The molecule has 1 N–H and O–H groups in total. The van der Waals surface area contributed by atoms with Gasteiger partial charge in [0.05, 0.1) is 38.9 Å². The molecule has 0 radical (unpaired) electrons. The Hall–Kier alpha value is -4.08. The van der Waals surface area contributed by atoms with E-state index in [2.05, 4.69) is 20.4 Å². The number of ether oxygens (including phenoxy) is 4. The first-order chi connectivity index (χ1) is 16.6. The van der Waals surface area contributed by atoms with Crippen LogP contribution in [0.25, 0.3) is 0 Å². The van der Waals surface area contributed by atoms with E-state index in [4.69, 9.17) is 18.9 Å². The van der Waals surface area contributed by atoms with Gasteiger partial charge in [0.2, 0.25) is 0 Å². The van der Waals surface area contributed by atoms with Crippen molar-refractivity contribution >= 4 is 23.6 Å². The number of nitrogens with zero attached hydrogens (tertiary/aromatic N) is 4. The Kier molecular flexibility index (Phi) is 6.95. The van der Waals surface area contributed by atoms with Crippen molar-refractivity contribution in [3.8, 4) is 23.0 Å². The van der Waals surface area contributed by atoms with Crippen LogP contribution in [0.15, 0.2) is 41.7 Å². The molecule has 0 aliphatic carbocycles. The number of hydrogen-bond acceptors (Lipinski definition) is 8. The van der Waals surface area contributed by atoms with E-state index in [0.717, 1.165) is 11.3 Å². The van der Waals surface area contributed by atoms with Gasteiger partial charge in [0.25, 0.3) is 5.91 Å². The Morgan fingerprint density at radius 3 is 2.59 bits per heavy atom. The Labute approximate surface area is 197 Å². The van der Waals surface area contributed by atoms with Crippen LogP contribution in [0.5, 0.6) is 23.0 Å². The van der Waals surface area contributed by atoms with E-state index in [1.165, 1.54) is 0 Å². The molecule has 1 unspecified atom stereocenters. The molecule has 1 aliphatic rings. The molecule has 10 heteroatoms. The van der Waals surface area contributed by atoms with Gasteiger partial charge in [-0.05, 0) is 32.0 Å². The van der Waals surface area contributed by atoms with Gasteiger partial charge in [0, 0.05) is 30.8 Å². The fourth-order valence-electron chi connectivity index (χ4n) is 3.70. The smallest absolute Gasteiger partial charge is 0.278 e. The Morgan fingerprint density at radius 1 is 1.12 bits per heavy atom. The van der Waals surface area contributed by atoms with E-state index in [-0.39, 0.29) is 12.0 Å². The number of anilines is 1. The number of aromatic nitrogens is 3. The zero-order valence-corrected chi connectivity index (χ0v) is 19.6. The summed E-state index contributed by atoms with van der Waals surface area (Å²) in [5, 5.41) is 6.99. The predicted octanol–water partition coefficient (Wildman–Crippen LogP) is 4.19. The lowest BCUT2D eigenvalue weighted by atomic mass is 10.0. The van der Waals surface area contributed by atoms with Gasteiger partial charge in [0.1, 0.15) is 17.7 Å². The van der Waals surface area contributed by atoms with E-state index >= 15 is 0 Å². The molecule has 0 fully saturated rings. The molecular weight excluding hydrogens is 438 g/mol. The number of nitrogens with one attached hydrogen (secondary N) is 1. The Morgan fingerprint density at radius 2 is 1.91 bits per heavy atom. The Bertz CT molecular complexity index is 1190. The predicted molar refractivity (Wildman–Crippen MR) is 127 cm³/mol. The third kappa shape index (κ3) is 4.66. The molecule has 0 saturated heterocycles. The number of methoxy groups -OCH3 is 2. The van der Waals surface area contributed by atoms with E-state index in [9.17, 15) is 4.79 Å². The van der Waals surface area contributed by atoms with Crippen molar-refractivity contribution in [2.75, 3.05) is 26.1 Å². The van der Waals surface area contributed by atoms with Crippen LogP contribution < -0.4 is 24.3 Å². The van der Waals surface area contributed by atoms with Crippen LogP contribution in [-0.4, -0.2) is 47.7 Å². The molecular formula is C24H27N5O5. The summed E-state index contributed by atoms with van der Waals surface area (Å²) in [6, 6.07) is 7.15. The fraction of sp³-hybridized carbons (Fsp3) is 0.333. The molecule has 3 aromatic rings. The van der Waals surface area contributed by atoms with Crippen molar-refractivity contribution in [1.82, 2.24) is 14.8 Å². The van der Waals surface area contributed by atoms with Crippen LogP contribution in [-0.2, 0) is 6.54 Å². The van der Waals surface area contributed by atoms with Gasteiger partial charge in [0.15, 0.2) is 22.9 Å². The molecule has 1 amide bonds. The quantitative estimate of drug-likeness (QED) is 0.505. The van der Waals surface area contributed by atoms with Crippen LogP contribution in [0.2, 0.25) is 0 Å². The third-order valence-electron chi connectivity index (χ3n) is 5.31. The van der Waals surface area contributed by atoms with E-state index in [0.29, 0.717) is 54.1 Å². The number of carbonyl (C=O) groups excluding carboxylic acids is 1. The van der Waals surface area contributed by atoms with Crippen LogP contribution >= 0.6 is 0 Å². The minimum atomic E-state index is -0.345. The maximum Gasteiger partial charge on any atom is 0.278 e. The van der Waals surface area contributed by atoms with Crippen LogP contribution in [0.3, 0.4) is 0 Å². The van der Waals surface area contributed by atoms with Crippen molar-refractivity contribution in [1.29, 1.82) is 0 Å². The van der Waals surface area contributed by atoms with Crippen LogP contribution in [0.1, 0.15) is 42.4 Å². The topological polar surface area (TPSA) is 109 Å². The molecule has 1 aliphatic heterocycles. The Balaban J connectivity index is 1.48. The van der Waals surface area contributed by atoms with Crippen LogP contribution in [0, 0.1) is 0 Å². The molecule has 34 heavy (non-hydrogen) atoms. The zero-order valence-electron chi connectivity index (χ0n) is 19.6. The molecule has 2 aromatic heterocycles. The highest BCUT2D eigenvalue weighted by Gasteiger charge is 2.24. The van der Waals surface area contributed by atoms with E-state index < -0.39 is 0 Å². The molecule has 1 aromatic carbocycles. The van der Waals surface area contributed by atoms with Crippen molar-refractivity contribution < 1.29 is 23.7 Å². The standard InChI is InChI=1S/C24H27N5O5/c1-5-29-23(21(14-27-29)33-6-2)24(30)28-22-8-7-15(13-26-22)34-18-9-10-25-17-12-20(32-4)19(31-3)11-16(17)18/h7-8,10-14,18H,5-6,9H2,1-4H3,(H,26,28,30). The van der Waals surface area contributed by atoms with Gasteiger partial charge in [-0.15, -0.1) is 0 Å². The second-order valence-corrected chi connectivity index (χ2v) is 7.36. The maximum absolute atomic E-state index is 12.8. The molecule has 0 saturated carbocycles. The third-order valence-corrected chi connectivity index (χ3v) is 5.31. The summed E-state index contributed by atoms with van der Waals surface area (Å²) in [6.45, 7) is 4.74. The van der Waals surface area contributed by atoms with E-state index in [1.807, 2.05) is 32.2 Å². The summed E-state index contributed by atoms with van der Waals surface area (Å²) in [5.41, 5.74) is 2.02. The minimum Gasteiger partial charge on any atom is -0.493 e. The van der Waals surface area contributed by atoms with Gasteiger partial charge in [-0.2, -0.15) is 5.10 Å². The summed E-state index contributed by atoms with van der Waals surface area (Å²) in [7, 11) is 3.18. The van der Waals surface area contributed by atoms with Gasteiger partial charge in [-0.25, -0.2) is 4.98 Å². The average molecular weight is 466 g/mol. The number of carbonyl (C=O) groups is 1. The lowest BCUT2D eigenvalue weighted by Crippen LogP contribution is -2.19. The summed E-state index contributed by atoms with van der Waals surface area (Å²) >= 11 is 0. The number of fused-ring (bicyclic) bond motifs is 1. The lowest BCUT2D eigenvalue weighted by Gasteiger charge is -2.23. The highest BCUT2D eigenvalue weighted by atomic mass is 16.5. The maximum atomic E-state index is 12.8. The largest absolute Gasteiger partial charge is 0.493 e. The summed E-state index contributed by atoms with van der Waals surface area (Å²) in [6.07, 6.45) is 5.27. The molecule has 10 nitrogen and oxygen atoms in total. The summed E-state index contributed by atoms with van der Waals surface area (Å²) < 4.78 is 24.1. The number of pyridine rings is 1. The molecule has 1 atom stereocenters. The number of hydrogen-bond donors (Lipinski definition) is 1. The lowest BCUT2D eigenvalue weighted by molar-refractivity contribution is 0.101. The second kappa shape index (κ2) is 10.2. The first-order valence-corrected chi connectivity index (χ1v) is 11.0. The van der Waals surface area contributed by atoms with Crippen molar-refractivity contribution in [3.05, 3.63) is 47.9 Å². The SMILES string of the molecule is CCOc1cnn(CC)c1C(=O)Nc1ccc(OC2CC=Nc3cc(OC)c(OC)cc32)cn1. The average Bonchev–Trinajstić information content (AvgIpc) is 3.27. The number of rotatable bonds is 9. The van der Waals surface area contributed by atoms with Crippen molar-refractivity contribution in [3.63, 3.8) is 0 Å². The fourth-order valence-corrected chi connectivity index (χ4v) is 3.70. The minimum absolute atomic E-state index is 0.262. The molecule has 0 spiro atoms. The zero-order chi connectivity index (χ0) is 24.1. The molecule has 4 rings (SSSR count). The van der Waals surface area contributed by atoms with Crippen LogP contribution in [0.4, 0.5) is 11.5 Å². The number of benzene rings is 1. The van der Waals surface area contributed by atoms with Gasteiger partial charge >= 0.3 is 0 Å². The first kappa shape index (κ1) is 23.1. The molecule has 0 bridgehead atoms. The highest BCUT2D eigenvalue weighted by molar-refractivity contribution is 6.04. The number of amides is 1. The number of aliphatic imine (C=N–C) groups is 1. The molecule has 178 valence electrons. The van der Waals surface area contributed by atoms with Crippen molar-refractivity contribution in [2.45, 2.75) is 32.9 Å².